The lowest BCUT2D eigenvalue weighted by Gasteiger charge is -2.28. The van der Waals surface area contributed by atoms with Gasteiger partial charge in [0.2, 0.25) is 11.6 Å². The first-order valence-electron chi connectivity index (χ1n) is 14.6. The molecule has 0 aromatic carbocycles. The maximum atomic E-state index is 13.7. The molecule has 0 fully saturated rings. The van der Waals surface area contributed by atoms with Crippen LogP contribution in [0.2, 0.25) is 0 Å². The molecule has 11 nitrogen and oxygen atoms in total. The lowest BCUT2D eigenvalue weighted by atomic mass is 9.81. The maximum Gasteiger partial charge on any atom is 0.405 e. The van der Waals surface area contributed by atoms with Gasteiger partial charge in [0.15, 0.2) is 5.76 Å². The molecule has 3 rings (SSSR count). The fourth-order valence-electron chi connectivity index (χ4n) is 5.55. The number of hydrogen-bond acceptors (Lipinski definition) is 8. The quantitative estimate of drug-likeness (QED) is 0.294. The molecule has 1 aliphatic carbocycles. The first-order valence-corrected chi connectivity index (χ1v) is 14.6. The number of nitrogens with two attached hydrogens (primary N) is 1. The van der Waals surface area contributed by atoms with Gasteiger partial charge in [0.25, 0.3) is 11.8 Å². The number of carbonyl (C=O) groups is 5. The molecular formula is C33H41N3O8. The average molecular weight is 608 g/mol. The van der Waals surface area contributed by atoms with E-state index < -0.39 is 41.7 Å². The number of aliphatic hydroxyl groups is 1. The molecule has 6 atom stereocenters. The fraction of sp³-hybridized carbons (Fsp3) is 0.424. The van der Waals surface area contributed by atoms with Crippen molar-refractivity contribution in [2.75, 3.05) is 0 Å². The van der Waals surface area contributed by atoms with Crippen LogP contribution >= 0.6 is 0 Å². The Morgan fingerprint density at radius 2 is 1.82 bits per heavy atom. The number of ether oxygens (including phenoxy) is 1. The van der Waals surface area contributed by atoms with Crippen molar-refractivity contribution in [1.29, 1.82) is 0 Å². The Balaban J connectivity index is 2.04. The van der Waals surface area contributed by atoms with E-state index in [1.54, 1.807) is 26.0 Å². The molecule has 1 aromatic heterocycles. The molecule has 1 aromatic rings. The monoisotopic (exact) mass is 607 g/mol. The van der Waals surface area contributed by atoms with Gasteiger partial charge in [-0.1, -0.05) is 52.0 Å². The SMILES string of the molecule is C/C1=C\C=C/[C@H](C)[C@@H](OC(N)=O)/C(C)=C/[C@H](C)[C@@H](O)[C@@H](C)C[C@H](C)CC2=C(NC(=O)c3ccco3)C(=O)C=C(NC1=O)C2=O. The average Bonchev–Trinajstić information content (AvgIpc) is 3.50. The summed E-state index contributed by atoms with van der Waals surface area (Å²) in [6, 6.07) is 2.95. The molecule has 0 unspecified atom stereocenters. The van der Waals surface area contributed by atoms with Crippen molar-refractivity contribution < 1.29 is 38.2 Å². The van der Waals surface area contributed by atoms with Crippen molar-refractivity contribution in [3.63, 3.8) is 0 Å². The number of allylic oxidation sites excluding steroid dienone is 4. The summed E-state index contributed by atoms with van der Waals surface area (Å²) in [6.07, 6.45) is 7.18. The van der Waals surface area contributed by atoms with Crippen LogP contribution in [0, 0.1) is 23.7 Å². The maximum absolute atomic E-state index is 13.7. The van der Waals surface area contributed by atoms with E-state index in [0.29, 0.717) is 12.0 Å². The molecule has 0 saturated heterocycles. The van der Waals surface area contributed by atoms with Crippen LogP contribution in [0.3, 0.4) is 0 Å². The topological polar surface area (TPSA) is 178 Å². The lowest BCUT2D eigenvalue weighted by Crippen LogP contribution is -2.37. The Morgan fingerprint density at radius 1 is 1.11 bits per heavy atom. The van der Waals surface area contributed by atoms with Crippen molar-refractivity contribution in [2.45, 2.75) is 66.6 Å². The predicted molar refractivity (Wildman–Crippen MR) is 162 cm³/mol. The number of primary amides is 1. The summed E-state index contributed by atoms with van der Waals surface area (Å²) >= 11 is 0. The molecule has 5 N–H and O–H groups in total. The van der Waals surface area contributed by atoms with E-state index in [4.69, 9.17) is 14.9 Å². The van der Waals surface area contributed by atoms with E-state index in [-0.39, 0.29) is 58.4 Å². The largest absolute Gasteiger partial charge is 0.459 e. The zero-order valence-corrected chi connectivity index (χ0v) is 25.9. The summed E-state index contributed by atoms with van der Waals surface area (Å²) < 4.78 is 10.5. The number of amides is 3. The number of rotatable bonds is 3. The molecule has 0 saturated carbocycles. The first kappa shape index (κ1) is 34.0. The van der Waals surface area contributed by atoms with Gasteiger partial charge in [0, 0.05) is 29.1 Å². The zero-order chi connectivity index (χ0) is 32.7. The van der Waals surface area contributed by atoms with Gasteiger partial charge in [-0.15, -0.1) is 0 Å². The molecular weight excluding hydrogens is 566 g/mol. The molecule has 0 spiro atoms. The van der Waals surface area contributed by atoms with Gasteiger partial charge in [-0.25, -0.2) is 4.79 Å². The summed E-state index contributed by atoms with van der Waals surface area (Å²) in [4.78, 5) is 64.4. The van der Waals surface area contributed by atoms with Crippen LogP contribution in [0.5, 0.6) is 0 Å². The van der Waals surface area contributed by atoms with Crippen LogP contribution in [0.25, 0.3) is 0 Å². The van der Waals surface area contributed by atoms with E-state index in [0.717, 1.165) is 6.08 Å². The van der Waals surface area contributed by atoms with Gasteiger partial charge in [0.05, 0.1) is 23.8 Å². The van der Waals surface area contributed by atoms with Gasteiger partial charge in [-0.05, 0) is 56.2 Å². The minimum Gasteiger partial charge on any atom is -0.459 e. The number of nitrogens with one attached hydrogen (secondary N) is 2. The Hall–Kier alpha value is -4.51. The smallest absolute Gasteiger partial charge is 0.405 e. The number of aliphatic hydroxyl groups excluding tert-OH is 1. The van der Waals surface area contributed by atoms with Crippen molar-refractivity contribution >= 4 is 29.5 Å². The minimum atomic E-state index is -0.935. The molecule has 236 valence electrons. The normalized spacial score (nSPS) is 30.7. The lowest BCUT2D eigenvalue weighted by molar-refractivity contribution is -0.120. The Labute approximate surface area is 257 Å². The number of ketones is 2. The Morgan fingerprint density at radius 3 is 2.45 bits per heavy atom. The second kappa shape index (κ2) is 14.8. The third-order valence-corrected chi connectivity index (χ3v) is 7.84. The van der Waals surface area contributed by atoms with E-state index in [1.807, 2.05) is 33.8 Å². The summed E-state index contributed by atoms with van der Waals surface area (Å²) in [5, 5.41) is 16.3. The Bertz CT molecular complexity index is 1450. The highest BCUT2D eigenvalue weighted by Gasteiger charge is 2.33. The number of hydrogen-bond donors (Lipinski definition) is 4. The van der Waals surface area contributed by atoms with Gasteiger partial charge in [0.1, 0.15) is 6.10 Å². The highest BCUT2D eigenvalue weighted by atomic mass is 16.6. The summed E-state index contributed by atoms with van der Waals surface area (Å²) in [5.74, 6) is -3.69. The van der Waals surface area contributed by atoms with Crippen LogP contribution in [0.4, 0.5) is 4.79 Å². The van der Waals surface area contributed by atoms with Crippen molar-refractivity contribution in [3.8, 4) is 0 Å². The molecule has 3 amide bonds. The van der Waals surface area contributed by atoms with Gasteiger partial charge in [-0.2, -0.15) is 0 Å². The van der Waals surface area contributed by atoms with Crippen LogP contribution in [-0.4, -0.2) is 46.8 Å². The molecule has 44 heavy (non-hydrogen) atoms. The summed E-state index contributed by atoms with van der Waals surface area (Å²) in [5.41, 5.74) is 5.94. The summed E-state index contributed by atoms with van der Waals surface area (Å²) in [7, 11) is 0. The minimum absolute atomic E-state index is 0.0359. The number of carbonyl (C=O) groups excluding carboxylic acids is 5. The molecule has 2 aliphatic rings. The van der Waals surface area contributed by atoms with Gasteiger partial charge in [-0.3, -0.25) is 19.2 Å². The molecule has 2 bridgehead atoms. The highest BCUT2D eigenvalue weighted by molar-refractivity contribution is 6.24. The molecule has 1 aliphatic heterocycles. The predicted octanol–water partition coefficient (Wildman–Crippen LogP) is 4.03. The standard InChI is InChI=1S/C33H41N3O8/c1-17-13-20(4)28(38)21(5)15-22(6)30(44-33(34)42)18(2)9-7-10-19(3)31(40)35-24-16-25(37)27(23(14-17)29(24)39)36-32(41)26-11-8-12-43-26/h7-12,15-18,20-21,28,30,38H,13-14H2,1-6H3,(H2,34,42)(H,35,40)(H,36,41)/b9-7-,19-10+,22-15+/t17-,18-,20-,21-,28-,30+/m0/s1. The highest BCUT2D eigenvalue weighted by Crippen LogP contribution is 2.30. The molecule has 11 heteroatoms. The molecule has 2 heterocycles. The van der Waals surface area contributed by atoms with E-state index in [2.05, 4.69) is 10.6 Å². The number of furan rings is 1. The number of Topliss-reactive ketones (excluding diaryl/α,β-unsaturated/α-hetero) is 1. The van der Waals surface area contributed by atoms with Crippen LogP contribution in [0.15, 0.2) is 81.3 Å². The van der Waals surface area contributed by atoms with E-state index in [1.165, 1.54) is 24.5 Å². The van der Waals surface area contributed by atoms with E-state index in [9.17, 15) is 29.1 Å². The zero-order valence-electron chi connectivity index (χ0n) is 25.9. The van der Waals surface area contributed by atoms with Gasteiger partial charge >= 0.3 is 6.09 Å². The second-order valence-corrected chi connectivity index (χ2v) is 11.7. The van der Waals surface area contributed by atoms with Crippen LogP contribution < -0.4 is 16.4 Å². The second-order valence-electron chi connectivity index (χ2n) is 11.7. The Kier molecular flexibility index (Phi) is 11.4. The van der Waals surface area contributed by atoms with Crippen LogP contribution in [0.1, 0.15) is 64.9 Å². The van der Waals surface area contributed by atoms with Crippen molar-refractivity contribution in [3.05, 3.63) is 82.6 Å². The van der Waals surface area contributed by atoms with E-state index >= 15 is 0 Å². The summed E-state index contributed by atoms with van der Waals surface area (Å²) in [6.45, 7) is 10.8. The van der Waals surface area contributed by atoms with Gasteiger partial charge < -0.3 is 30.6 Å². The third kappa shape index (κ3) is 8.53. The fourth-order valence-corrected chi connectivity index (χ4v) is 5.55. The number of fused-ring (bicyclic) bond motifs is 2. The van der Waals surface area contributed by atoms with Crippen molar-refractivity contribution in [2.24, 2.45) is 29.4 Å². The van der Waals surface area contributed by atoms with Crippen LogP contribution in [-0.2, 0) is 19.1 Å². The third-order valence-electron chi connectivity index (χ3n) is 7.84. The molecule has 0 radical (unpaired) electrons. The van der Waals surface area contributed by atoms with Crippen molar-refractivity contribution in [1.82, 2.24) is 10.6 Å². The first-order chi connectivity index (χ1) is 20.7.